The van der Waals surface area contributed by atoms with Gasteiger partial charge in [-0.05, 0) is 19.9 Å². The molecule has 0 aromatic heterocycles. The highest BCUT2D eigenvalue weighted by Gasteiger charge is 2.25. The fourth-order valence-electron chi connectivity index (χ4n) is 2.30. The van der Waals surface area contributed by atoms with Crippen LogP contribution in [0, 0.1) is 0 Å². The van der Waals surface area contributed by atoms with Crippen LogP contribution in [0.15, 0.2) is 0 Å². The Kier molecular flexibility index (Phi) is 6.60. The summed E-state index contributed by atoms with van der Waals surface area (Å²) in [5.74, 6) is -0.192. The van der Waals surface area contributed by atoms with E-state index in [0.717, 1.165) is 26.1 Å². The Morgan fingerprint density at radius 3 is 2.56 bits per heavy atom. The van der Waals surface area contributed by atoms with Gasteiger partial charge in [0.1, 0.15) is 6.04 Å². The van der Waals surface area contributed by atoms with E-state index in [1.165, 1.54) is 7.11 Å². The van der Waals surface area contributed by atoms with Crippen LogP contribution < -0.4 is 5.32 Å². The molecule has 1 aliphatic rings. The van der Waals surface area contributed by atoms with Crippen LogP contribution >= 0.6 is 0 Å². The highest BCUT2D eigenvalue weighted by Crippen LogP contribution is 2.13. The van der Waals surface area contributed by atoms with Gasteiger partial charge in [-0.1, -0.05) is 13.8 Å². The largest absolute Gasteiger partial charge is 0.468 e. The molecule has 5 nitrogen and oxygen atoms in total. The second-order valence-corrected chi connectivity index (χ2v) is 5.18. The fourth-order valence-corrected chi connectivity index (χ4v) is 2.30. The first-order valence-electron chi connectivity index (χ1n) is 6.66. The van der Waals surface area contributed by atoms with Gasteiger partial charge >= 0.3 is 5.97 Å². The van der Waals surface area contributed by atoms with Crippen molar-refractivity contribution in [3.63, 3.8) is 0 Å². The predicted octanol–water partition coefficient (Wildman–Crippen LogP) is 0.637. The lowest BCUT2D eigenvalue weighted by molar-refractivity contribution is -0.144. The Bertz CT molecular complexity index is 253. The standard InChI is InChI=1S/C13H26N2O3/c1-10(2)14-12(13(16)17-4)9-15(3)11-5-7-18-8-6-11/h10-12,14H,5-9H2,1-4H3. The van der Waals surface area contributed by atoms with E-state index in [0.29, 0.717) is 12.6 Å². The highest BCUT2D eigenvalue weighted by atomic mass is 16.5. The van der Waals surface area contributed by atoms with Gasteiger partial charge in [-0.3, -0.25) is 4.79 Å². The maximum absolute atomic E-state index is 11.7. The van der Waals surface area contributed by atoms with Crippen molar-refractivity contribution >= 4 is 5.97 Å². The quantitative estimate of drug-likeness (QED) is 0.708. The highest BCUT2D eigenvalue weighted by molar-refractivity contribution is 5.75. The molecule has 1 rings (SSSR count). The molecule has 0 bridgehead atoms. The van der Waals surface area contributed by atoms with Gasteiger partial charge < -0.3 is 19.7 Å². The molecule has 1 unspecified atom stereocenters. The van der Waals surface area contributed by atoms with Crippen LogP contribution in [0.4, 0.5) is 0 Å². The van der Waals surface area contributed by atoms with Gasteiger partial charge in [-0.2, -0.15) is 0 Å². The van der Waals surface area contributed by atoms with Gasteiger partial charge in [0, 0.05) is 31.8 Å². The Hall–Kier alpha value is -0.650. The van der Waals surface area contributed by atoms with Crippen molar-refractivity contribution in [2.24, 2.45) is 0 Å². The Morgan fingerprint density at radius 1 is 1.44 bits per heavy atom. The molecule has 0 aromatic carbocycles. The second-order valence-electron chi connectivity index (χ2n) is 5.18. The van der Waals surface area contributed by atoms with E-state index in [1.54, 1.807) is 0 Å². The summed E-state index contributed by atoms with van der Waals surface area (Å²) in [6.45, 7) is 6.37. The molecule has 0 aromatic rings. The molecule has 1 heterocycles. The van der Waals surface area contributed by atoms with Crippen LogP contribution in [-0.4, -0.2) is 62.9 Å². The molecule has 0 saturated carbocycles. The number of carbonyl (C=O) groups is 1. The summed E-state index contributed by atoms with van der Waals surface area (Å²) in [6.07, 6.45) is 2.07. The molecular weight excluding hydrogens is 232 g/mol. The molecule has 1 aliphatic heterocycles. The molecule has 1 atom stereocenters. The average Bonchev–Trinajstić information content (AvgIpc) is 2.37. The number of nitrogens with one attached hydrogen (secondary N) is 1. The molecule has 0 radical (unpaired) electrons. The number of esters is 1. The Balaban J connectivity index is 2.49. The number of methoxy groups -OCH3 is 1. The van der Waals surface area contributed by atoms with Crippen LogP contribution in [-0.2, 0) is 14.3 Å². The first-order valence-corrected chi connectivity index (χ1v) is 6.66. The molecule has 0 spiro atoms. The first kappa shape index (κ1) is 15.4. The van der Waals surface area contributed by atoms with Crippen LogP contribution in [0.5, 0.6) is 0 Å². The van der Waals surface area contributed by atoms with Crippen LogP contribution in [0.2, 0.25) is 0 Å². The first-order chi connectivity index (χ1) is 8.54. The van der Waals surface area contributed by atoms with Gasteiger partial charge in [-0.15, -0.1) is 0 Å². The van der Waals surface area contributed by atoms with E-state index in [-0.39, 0.29) is 18.1 Å². The Labute approximate surface area is 110 Å². The molecule has 1 N–H and O–H groups in total. The lowest BCUT2D eigenvalue weighted by Gasteiger charge is -2.33. The van der Waals surface area contributed by atoms with Crippen molar-refractivity contribution in [1.29, 1.82) is 0 Å². The lowest BCUT2D eigenvalue weighted by Crippen LogP contribution is -2.51. The van der Waals surface area contributed by atoms with Crippen LogP contribution in [0.25, 0.3) is 0 Å². The van der Waals surface area contributed by atoms with Gasteiger partial charge in [-0.25, -0.2) is 0 Å². The molecule has 0 aliphatic carbocycles. The summed E-state index contributed by atoms with van der Waals surface area (Å²) in [7, 11) is 3.50. The molecule has 0 amide bonds. The van der Waals surface area contributed by atoms with Crippen molar-refractivity contribution in [1.82, 2.24) is 10.2 Å². The maximum atomic E-state index is 11.7. The average molecular weight is 258 g/mol. The monoisotopic (exact) mass is 258 g/mol. The zero-order valence-corrected chi connectivity index (χ0v) is 11.9. The third-order valence-electron chi connectivity index (χ3n) is 3.30. The molecular formula is C13H26N2O3. The lowest BCUT2D eigenvalue weighted by atomic mass is 10.1. The van der Waals surface area contributed by atoms with Gasteiger partial charge in [0.05, 0.1) is 7.11 Å². The summed E-state index contributed by atoms with van der Waals surface area (Å²) in [6, 6.07) is 0.500. The van der Waals surface area contributed by atoms with Crippen molar-refractivity contribution in [2.45, 2.75) is 44.8 Å². The summed E-state index contributed by atoms with van der Waals surface area (Å²) in [5.41, 5.74) is 0. The number of rotatable bonds is 6. The molecule has 5 heteroatoms. The van der Waals surface area contributed by atoms with E-state index in [9.17, 15) is 4.79 Å². The fraction of sp³-hybridized carbons (Fsp3) is 0.923. The zero-order chi connectivity index (χ0) is 13.5. The second kappa shape index (κ2) is 7.71. The summed E-state index contributed by atoms with van der Waals surface area (Å²) in [4.78, 5) is 14.0. The van der Waals surface area contributed by atoms with Crippen LogP contribution in [0.3, 0.4) is 0 Å². The molecule has 1 saturated heterocycles. The summed E-state index contributed by atoms with van der Waals surface area (Å²) < 4.78 is 10.2. The summed E-state index contributed by atoms with van der Waals surface area (Å²) >= 11 is 0. The minimum Gasteiger partial charge on any atom is -0.468 e. The molecule has 106 valence electrons. The number of nitrogens with zero attached hydrogens (tertiary/aromatic N) is 1. The van der Waals surface area contributed by atoms with Crippen molar-refractivity contribution in [3.8, 4) is 0 Å². The summed E-state index contributed by atoms with van der Waals surface area (Å²) in [5, 5.41) is 3.25. The number of ether oxygens (including phenoxy) is 2. The third kappa shape index (κ3) is 4.92. The van der Waals surface area contributed by atoms with Crippen molar-refractivity contribution in [2.75, 3.05) is 33.9 Å². The SMILES string of the molecule is COC(=O)C(CN(C)C1CCOCC1)NC(C)C. The number of hydrogen-bond acceptors (Lipinski definition) is 5. The van der Waals surface area contributed by atoms with Gasteiger partial charge in [0.15, 0.2) is 0 Å². The maximum Gasteiger partial charge on any atom is 0.324 e. The van der Waals surface area contributed by atoms with Crippen molar-refractivity contribution < 1.29 is 14.3 Å². The minimum atomic E-state index is -0.261. The number of carbonyl (C=O) groups excluding carboxylic acids is 1. The topological polar surface area (TPSA) is 50.8 Å². The van der Waals surface area contributed by atoms with E-state index in [4.69, 9.17) is 9.47 Å². The van der Waals surface area contributed by atoms with Gasteiger partial charge in [0.25, 0.3) is 0 Å². The minimum absolute atomic E-state index is 0.192. The van der Waals surface area contributed by atoms with E-state index >= 15 is 0 Å². The van der Waals surface area contributed by atoms with Gasteiger partial charge in [0.2, 0.25) is 0 Å². The number of likely N-dealkylation sites (N-methyl/N-ethyl adjacent to an activating group) is 1. The predicted molar refractivity (Wildman–Crippen MR) is 70.5 cm³/mol. The van der Waals surface area contributed by atoms with E-state index in [2.05, 4.69) is 17.3 Å². The van der Waals surface area contributed by atoms with Crippen molar-refractivity contribution in [3.05, 3.63) is 0 Å². The van der Waals surface area contributed by atoms with Crippen LogP contribution in [0.1, 0.15) is 26.7 Å². The normalized spacial score (nSPS) is 19.2. The molecule has 18 heavy (non-hydrogen) atoms. The Morgan fingerprint density at radius 2 is 2.06 bits per heavy atom. The molecule has 1 fully saturated rings. The zero-order valence-electron chi connectivity index (χ0n) is 11.9. The third-order valence-corrected chi connectivity index (χ3v) is 3.30. The van der Waals surface area contributed by atoms with E-state index in [1.807, 2.05) is 13.8 Å². The van der Waals surface area contributed by atoms with E-state index < -0.39 is 0 Å². The number of hydrogen-bond donors (Lipinski definition) is 1. The smallest absolute Gasteiger partial charge is 0.324 e.